The normalized spacial score (nSPS) is 12.1. The van der Waals surface area contributed by atoms with Crippen LogP contribution < -0.4 is 0 Å². The predicted octanol–water partition coefficient (Wildman–Crippen LogP) is 20.1. The predicted molar refractivity (Wildman–Crippen MR) is 338 cm³/mol. The van der Waals surface area contributed by atoms with Crippen molar-refractivity contribution in [2.24, 2.45) is 0 Å². The van der Waals surface area contributed by atoms with Gasteiger partial charge in [0.2, 0.25) is 0 Å². The quantitative estimate of drug-likeness (QED) is 0.158. The Hall–Kier alpha value is -11.4. The summed E-state index contributed by atoms with van der Waals surface area (Å²) in [4.78, 5) is 15.7. The van der Waals surface area contributed by atoms with Crippen molar-refractivity contribution in [1.82, 2.24) is 24.1 Å². The lowest BCUT2D eigenvalue weighted by atomic mass is 9.99. The Morgan fingerprint density at radius 3 is 1.53 bits per heavy atom. The maximum absolute atomic E-state index is 6.64. The van der Waals surface area contributed by atoms with Crippen molar-refractivity contribution in [2.75, 3.05) is 0 Å². The third-order valence-corrected chi connectivity index (χ3v) is 16.8. The summed E-state index contributed by atoms with van der Waals surface area (Å²) in [5, 5.41) is 11.0. The van der Waals surface area contributed by atoms with E-state index in [-0.39, 0.29) is 0 Å². The maximum Gasteiger partial charge on any atom is 0.164 e. The first-order valence-electron chi connectivity index (χ1n) is 27.9. The number of furan rings is 3. The average molecular weight is 1060 g/mol. The van der Waals surface area contributed by atoms with Gasteiger partial charge in [0.1, 0.15) is 33.5 Å². The molecule has 0 unspecified atom stereocenters. The molecule has 8 nitrogen and oxygen atoms in total. The van der Waals surface area contributed by atoms with Gasteiger partial charge in [-0.2, -0.15) is 0 Å². The summed E-state index contributed by atoms with van der Waals surface area (Å²) in [5.74, 6) is 1.65. The second kappa shape index (κ2) is 17.6. The first-order valence-corrected chi connectivity index (χ1v) is 27.9. The summed E-state index contributed by atoms with van der Waals surface area (Å²) < 4.78 is 24.4. The Balaban J connectivity index is 0.730. The standard InChI is InChI=1S/C75H43N5O3/c1-2-14-45(15-3-1)73-76-74(48-30-36-56-60-43-50(35-39-67(60)82-70(56)42-48)80-62-23-8-4-16-52(62)53-17-5-9-24-63(53)80)78-75(77-73)58-22-13-27-69-71(58)61-41-47(32-38-68(61)81-69)46-31-37-65-59(40-46)54-18-6-10-25-64(54)79(65)49-33-28-44(29-34-49)51-20-12-21-57-55-19-7-11-26-66(55)83-72(51)57/h1-43H. The van der Waals surface area contributed by atoms with E-state index >= 15 is 0 Å². The van der Waals surface area contributed by atoms with Gasteiger partial charge in [-0.1, -0.05) is 164 Å². The van der Waals surface area contributed by atoms with Crippen molar-refractivity contribution >= 4 is 109 Å². The van der Waals surface area contributed by atoms with Crippen LogP contribution in [0.5, 0.6) is 0 Å². The fraction of sp³-hybridized carbons (Fsp3) is 0. The van der Waals surface area contributed by atoms with Crippen LogP contribution in [0.3, 0.4) is 0 Å². The van der Waals surface area contributed by atoms with E-state index in [1.54, 1.807) is 0 Å². The number of fused-ring (bicyclic) bond motifs is 15. The first-order chi connectivity index (χ1) is 41.1. The highest BCUT2D eigenvalue weighted by molar-refractivity contribution is 6.15. The Kier molecular flexibility index (Phi) is 9.64. The van der Waals surface area contributed by atoms with Gasteiger partial charge in [-0.15, -0.1) is 0 Å². The number of rotatable bonds is 7. The number of para-hydroxylation sites is 5. The van der Waals surface area contributed by atoms with Gasteiger partial charge in [0, 0.05) is 87.5 Å². The third-order valence-electron chi connectivity index (χ3n) is 16.8. The summed E-state index contributed by atoms with van der Waals surface area (Å²) in [6.07, 6.45) is 0. The highest BCUT2D eigenvalue weighted by atomic mass is 16.3. The van der Waals surface area contributed by atoms with Crippen molar-refractivity contribution in [3.8, 4) is 67.8 Å². The number of benzene rings is 12. The molecule has 0 saturated carbocycles. The van der Waals surface area contributed by atoms with E-state index < -0.39 is 0 Å². The molecule has 0 radical (unpaired) electrons. The number of hydrogen-bond acceptors (Lipinski definition) is 6. The van der Waals surface area contributed by atoms with Gasteiger partial charge in [0.15, 0.2) is 17.5 Å². The van der Waals surface area contributed by atoms with E-state index in [1.165, 1.54) is 21.5 Å². The Labute approximate surface area is 473 Å². The van der Waals surface area contributed by atoms with Crippen LogP contribution in [0.2, 0.25) is 0 Å². The van der Waals surface area contributed by atoms with E-state index in [0.717, 1.165) is 138 Å². The van der Waals surface area contributed by atoms with Crippen molar-refractivity contribution in [2.45, 2.75) is 0 Å². The molecule has 6 aromatic heterocycles. The molecule has 0 N–H and O–H groups in total. The third kappa shape index (κ3) is 6.96. The fourth-order valence-corrected chi connectivity index (χ4v) is 13.0. The van der Waals surface area contributed by atoms with Crippen LogP contribution in [-0.4, -0.2) is 24.1 Å². The van der Waals surface area contributed by atoms with Crippen molar-refractivity contribution in [3.05, 3.63) is 261 Å². The lowest BCUT2D eigenvalue weighted by Crippen LogP contribution is -2.00. The molecule has 18 rings (SSSR count). The van der Waals surface area contributed by atoms with Gasteiger partial charge in [0.25, 0.3) is 0 Å². The fourth-order valence-electron chi connectivity index (χ4n) is 13.0. The molecule has 0 atom stereocenters. The molecule has 0 aliphatic rings. The number of hydrogen-bond donors (Lipinski definition) is 0. The largest absolute Gasteiger partial charge is 0.456 e. The van der Waals surface area contributed by atoms with Gasteiger partial charge in [-0.05, 0) is 114 Å². The topological polar surface area (TPSA) is 88.0 Å². The molecule has 8 heteroatoms. The van der Waals surface area contributed by atoms with Crippen LogP contribution in [0, 0.1) is 0 Å². The van der Waals surface area contributed by atoms with Gasteiger partial charge in [-0.3, -0.25) is 0 Å². The Morgan fingerprint density at radius 2 is 0.747 bits per heavy atom. The average Bonchev–Trinajstić information content (AvgIpc) is 3.60. The van der Waals surface area contributed by atoms with Gasteiger partial charge in [-0.25, -0.2) is 15.0 Å². The summed E-state index contributed by atoms with van der Waals surface area (Å²) in [6.45, 7) is 0. The lowest BCUT2D eigenvalue weighted by molar-refractivity contribution is 0.668. The molecule has 12 aromatic carbocycles. The molecule has 0 saturated heterocycles. The molecule has 386 valence electrons. The highest BCUT2D eigenvalue weighted by Crippen LogP contribution is 2.43. The minimum absolute atomic E-state index is 0.538. The molecule has 0 fully saturated rings. The summed E-state index contributed by atoms with van der Waals surface area (Å²) in [5.41, 5.74) is 18.5. The van der Waals surface area contributed by atoms with Crippen LogP contribution in [0.4, 0.5) is 0 Å². The second-order valence-corrected chi connectivity index (χ2v) is 21.4. The van der Waals surface area contributed by atoms with Crippen molar-refractivity contribution in [3.63, 3.8) is 0 Å². The Bertz CT molecular complexity index is 5650. The van der Waals surface area contributed by atoms with Crippen molar-refractivity contribution in [1.29, 1.82) is 0 Å². The molecule has 0 aliphatic carbocycles. The number of nitrogens with zero attached hydrogens (tertiary/aromatic N) is 5. The summed E-state index contributed by atoms with van der Waals surface area (Å²) >= 11 is 0. The van der Waals surface area contributed by atoms with Crippen LogP contribution in [0.15, 0.2) is 274 Å². The molecule has 18 aromatic rings. The molecule has 0 bridgehead atoms. The molecular formula is C75H43N5O3. The number of aromatic nitrogens is 5. The van der Waals surface area contributed by atoms with Crippen LogP contribution in [-0.2, 0) is 0 Å². The van der Waals surface area contributed by atoms with E-state index in [4.69, 9.17) is 28.2 Å². The van der Waals surface area contributed by atoms with E-state index in [1.807, 2.05) is 54.6 Å². The molecule has 83 heavy (non-hydrogen) atoms. The van der Waals surface area contributed by atoms with E-state index in [9.17, 15) is 0 Å². The minimum Gasteiger partial charge on any atom is -0.456 e. The second-order valence-electron chi connectivity index (χ2n) is 21.4. The van der Waals surface area contributed by atoms with Crippen LogP contribution >= 0.6 is 0 Å². The zero-order valence-electron chi connectivity index (χ0n) is 44.3. The van der Waals surface area contributed by atoms with Crippen molar-refractivity contribution < 1.29 is 13.3 Å². The molecule has 0 amide bonds. The zero-order valence-corrected chi connectivity index (χ0v) is 44.3. The monoisotopic (exact) mass is 1060 g/mol. The maximum atomic E-state index is 6.64. The summed E-state index contributed by atoms with van der Waals surface area (Å²) in [6, 6.07) is 91.5. The SMILES string of the molecule is c1ccc(-c2nc(-c3ccc4c(c3)oc3ccc(-n5c6ccccc6c6ccccc65)cc34)nc(-c3cccc4oc5ccc(-c6ccc7c(c6)c6ccccc6n7-c6ccc(-c7cccc8c7oc7ccccc78)cc6)cc5c34)n2)cc1. The van der Waals surface area contributed by atoms with Gasteiger partial charge < -0.3 is 22.4 Å². The molecule has 0 spiro atoms. The lowest BCUT2D eigenvalue weighted by Gasteiger charge is -2.10. The smallest absolute Gasteiger partial charge is 0.164 e. The zero-order chi connectivity index (χ0) is 54.3. The van der Waals surface area contributed by atoms with Gasteiger partial charge in [0.05, 0.1) is 22.1 Å². The molecular weight excluding hydrogens is 1020 g/mol. The van der Waals surface area contributed by atoms with E-state index in [2.05, 4.69) is 215 Å². The summed E-state index contributed by atoms with van der Waals surface area (Å²) in [7, 11) is 0. The van der Waals surface area contributed by atoms with E-state index in [0.29, 0.717) is 17.5 Å². The highest BCUT2D eigenvalue weighted by Gasteiger charge is 2.22. The molecule has 0 aliphatic heterocycles. The van der Waals surface area contributed by atoms with Gasteiger partial charge >= 0.3 is 0 Å². The first kappa shape index (κ1) is 45.5. The minimum atomic E-state index is 0.538. The molecule has 6 heterocycles. The van der Waals surface area contributed by atoms with Crippen LogP contribution in [0.25, 0.3) is 177 Å². The van der Waals surface area contributed by atoms with Crippen LogP contribution in [0.1, 0.15) is 0 Å². The Morgan fingerprint density at radius 1 is 0.241 bits per heavy atom.